The molecule has 1 heterocycles. The Morgan fingerprint density at radius 1 is 1.12 bits per heavy atom. The maximum absolute atomic E-state index is 11.4. The first-order chi connectivity index (χ1) is 7.68. The van der Waals surface area contributed by atoms with Crippen molar-refractivity contribution in [3.05, 3.63) is 59.4 Å². The maximum atomic E-state index is 11.4. The van der Waals surface area contributed by atoms with E-state index in [4.69, 9.17) is 5.11 Å². The van der Waals surface area contributed by atoms with Crippen molar-refractivity contribution >= 4 is 5.97 Å². The molecule has 2 aromatic rings. The van der Waals surface area contributed by atoms with E-state index in [9.17, 15) is 10.0 Å². The summed E-state index contributed by atoms with van der Waals surface area (Å²) in [5, 5.41) is 20.2. The summed E-state index contributed by atoms with van der Waals surface area (Å²) in [6, 6.07) is 11.3. The van der Waals surface area contributed by atoms with Crippen molar-refractivity contribution in [3.8, 4) is 11.3 Å². The third-order valence-corrected chi connectivity index (χ3v) is 2.25. The van der Waals surface area contributed by atoms with Crippen LogP contribution in [-0.4, -0.2) is 11.1 Å². The number of hydrogen-bond donors (Lipinski definition) is 1. The Morgan fingerprint density at radius 2 is 1.81 bits per heavy atom. The number of rotatable bonds is 2. The molecule has 0 bridgehead atoms. The zero-order chi connectivity index (χ0) is 11.5. The maximum Gasteiger partial charge on any atom is 0.335 e. The van der Waals surface area contributed by atoms with Gasteiger partial charge in [0.1, 0.15) is 0 Å². The highest BCUT2D eigenvalue weighted by Crippen LogP contribution is 2.15. The first kappa shape index (κ1) is 10.2. The van der Waals surface area contributed by atoms with Crippen LogP contribution in [-0.2, 0) is 0 Å². The van der Waals surface area contributed by atoms with E-state index in [0.29, 0.717) is 11.3 Å². The SMILES string of the molecule is O=C(O)c1ccc(-c2cccc[n+]2[O-])cc1. The highest BCUT2D eigenvalue weighted by atomic mass is 16.5. The minimum absolute atomic E-state index is 0.206. The van der Waals surface area contributed by atoms with E-state index in [-0.39, 0.29) is 5.56 Å². The van der Waals surface area contributed by atoms with Gasteiger partial charge < -0.3 is 10.3 Å². The van der Waals surface area contributed by atoms with Gasteiger partial charge in [0.15, 0.2) is 6.20 Å². The molecule has 1 aromatic heterocycles. The van der Waals surface area contributed by atoms with Crippen molar-refractivity contribution in [2.75, 3.05) is 0 Å². The molecule has 0 amide bonds. The molecule has 4 nitrogen and oxygen atoms in total. The summed E-state index contributed by atoms with van der Waals surface area (Å²) in [5.74, 6) is -0.977. The molecule has 0 saturated carbocycles. The van der Waals surface area contributed by atoms with E-state index in [0.717, 1.165) is 4.73 Å². The second-order valence-corrected chi connectivity index (χ2v) is 3.29. The van der Waals surface area contributed by atoms with Crippen LogP contribution in [0, 0.1) is 5.21 Å². The summed E-state index contributed by atoms with van der Waals surface area (Å²) in [6.07, 6.45) is 1.40. The summed E-state index contributed by atoms with van der Waals surface area (Å²) < 4.78 is 0.746. The first-order valence-electron chi connectivity index (χ1n) is 4.70. The molecule has 0 saturated heterocycles. The van der Waals surface area contributed by atoms with Gasteiger partial charge in [0.25, 0.3) is 0 Å². The molecule has 0 aliphatic heterocycles. The summed E-state index contributed by atoms with van der Waals surface area (Å²) in [6.45, 7) is 0. The van der Waals surface area contributed by atoms with Gasteiger partial charge in [-0.2, -0.15) is 4.73 Å². The third kappa shape index (κ3) is 1.86. The molecule has 0 fully saturated rings. The van der Waals surface area contributed by atoms with Crippen molar-refractivity contribution in [2.24, 2.45) is 0 Å². The van der Waals surface area contributed by atoms with Crippen LogP contribution in [0.25, 0.3) is 11.3 Å². The fraction of sp³-hybridized carbons (Fsp3) is 0. The molecule has 0 spiro atoms. The van der Waals surface area contributed by atoms with Crippen LogP contribution in [0.1, 0.15) is 10.4 Å². The number of carboxylic acids is 1. The van der Waals surface area contributed by atoms with Crippen LogP contribution in [0.3, 0.4) is 0 Å². The molecule has 0 unspecified atom stereocenters. The number of hydrogen-bond acceptors (Lipinski definition) is 2. The lowest BCUT2D eigenvalue weighted by atomic mass is 10.1. The van der Waals surface area contributed by atoms with E-state index in [1.54, 1.807) is 30.3 Å². The van der Waals surface area contributed by atoms with Gasteiger partial charge in [-0.1, -0.05) is 0 Å². The average Bonchev–Trinajstić information content (AvgIpc) is 2.30. The zero-order valence-electron chi connectivity index (χ0n) is 8.33. The second-order valence-electron chi connectivity index (χ2n) is 3.29. The lowest BCUT2D eigenvalue weighted by Crippen LogP contribution is -2.27. The monoisotopic (exact) mass is 215 g/mol. The Bertz CT molecular complexity index is 520. The molecule has 4 heteroatoms. The van der Waals surface area contributed by atoms with E-state index in [1.165, 1.54) is 18.3 Å². The van der Waals surface area contributed by atoms with Crippen LogP contribution >= 0.6 is 0 Å². The number of nitrogens with zero attached hydrogens (tertiary/aromatic N) is 1. The minimum Gasteiger partial charge on any atom is -0.618 e. The Kier molecular flexibility index (Phi) is 2.55. The molecule has 1 N–H and O–H groups in total. The number of carbonyl (C=O) groups is 1. The largest absolute Gasteiger partial charge is 0.618 e. The van der Waals surface area contributed by atoms with Crippen LogP contribution < -0.4 is 4.73 Å². The van der Waals surface area contributed by atoms with Gasteiger partial charge in [0, 0.05) is 17.7 Å². The molecule has 16 heavy (non-hydrogen) atoms. The molecule has 0 atom stereocenters. The zero-order valence-corrected chi connectivity index (χ0v) is 8.33. The van der Waals surface area contributed by atoms with Crippen LogP contribution in [0.15, 0.2) is 48.7 Å². The summed E-state index contributed by atoms with van der Waals surface area (Å²) in [5.41, 5.74) is 1.40. The van der Waals surface area contributed by atoms with Crippen molar-refractivity contribution in [2.45, 2.75) is 0 Å². The number of pyridine rings is 1. The van der Waals surface area contributed by atoms with Gasteiger partial charge in [-0.25, -0.2) is 4.79 Å². The average molecular weight is 215 g/mol. The standard InChI is InChI=1S/C12H9NO3/c14-12(15)10-6-4-9(5-7-10)11-3-1-2-8-13(11)16/h1-8H,(H,14,15). The van der Waals surface area contributed by atoms with E-state index >= 15 is 0 Å². The topological polar surface area (TPSA) is 64.2 Å². The molecule has 2 rings (SSSR count). The normalized spacial score (nSPS) is 10.0. The van der Waals surface area contributed by atoms with Gasteiger partial charge in [-0.05, 0) is 30.3 Å². The fourth-order valence-corrected chi connectivity index (χ4v) is 1.44. The van der Waals surface area contributed by atoms with Crippen LogP contribution in [0.4, 0.5) is 0 Å². The quantitative estimate of drug-likeness (QED) is 0.612. The van der Waals surface area contributed by atoms with Crippen LogP contribution in [0.2, 0.25) is 0 Å². The number of aromatic nitrogens is 1. The lowest BCUT2D eigenvalue weighted by Gasteiger charge is -2.03. The van der Waals surface area contributed by atoms with Gasteiger partial charge in [-0.15, -0.1) is 0 Å². The molecule has 80 valence electrons. The Morgan fingerprint density at radius 3 is 2.38 bits per heavy atom. The molecule has 1 aromatic carbocycles. The molecule has 0 aliphatic rings. The van der Waals surface area contributed by atoms with E-state index in [2.05, 4.69) is 0 Å². The van der Waals surface area contributed by atoms with Gasteiger partial charge in [0.05, 0.1) is 5.56 Å². The van der Waals surface area contributed by atoms with Gasteiger partial charge in [0.2, 0.25) is 5.69 Å². The highest BCUT2D eigenvalue weighted by molar-refractivity contribution is 5.88. The number of aromatic carboxylic acids is 1. The fourth-order valence-electron chi connectivity index (χ4n) is 1.44. The Labute approximate surface area is 92.0 Å². The van der Waals surface area contributed by atoms with Crippen molar-refractivity contribution in [3.63, 3.8) is 0 Å². The molecular formula is C12H9NO3. The van der Waals surface area contributed by atoms with Gasteiger partial charge in [-0.3, -0.25) is 0 Å². The summed E-state index contributed by atoms with van der Waals surface area (Å²) in [4.78, 5) is 10.6. The third-order valence-electron chi connectivity index (χ3n) is 2.25. The first-order valence-corrected chi connectivity index (χ1v) is 4.70. The number of carboxylic acid groups (broad SMARTS) is 1. The number of benzene rings is 1. The van der Waals surface area contributed by atoms with E-state index < -0.39 is 5.97 Å². The van der Waals surface area contributed by atoms with Crippen molar-refractivity contribution < 1.29 is 14.6 Å². The second kappa shape index (κ2) is 4.02. The summed E-state index contributed by atoms with van der Waals surface area (Å²) >= 11 is 0. The lowest BCUT2D eigenvalue weighted by molar-refractivity contribution is -0.593. The summed E-state index contributed by atoms with van der Waals surface area (Å²) in [7, 11) is 0. The van der Waals surface area contributed by atoms with Crippen molar-refractivity contribution in [1.82, 2.24) is 0 Å². The Hall–Kier alpha value is -2.36. The Balaban J connectivity index is 2.43. The molecule has 0 aliphatic carbocycles. The molecule has 0 radical (unpaired) electrons. The van der Waals surface area contributed by atoms with E-state index in [1.807, 2.05) is 0 Å². The predicted octanol–water partition coefficient (Wildman–Crippen LogP) is 1.69. The van der Waals surface area contributed by atoms with Crippen LogP contribution in [0.5, 0.6) is 0 Å². The smallest absolute Gasteiger partial charge is 0.335 e. The van der Waals surface area contributed by atoms with Crippen molar-refractivity contribution in [1.29, 1.82) is 0 Å². The highest BCUT2D eigenvalue weighted by Gasteiger charge is 2.08. The van der Waals surface area contributed by atoms with Gasteiger partial charge >= 0.3 is 5.97 Å². The molecular weight excluding hydrogens is 206 g/mol. The minimum atomic E-state index is -0.977. The predicted molar refractivity (Wildman–Crippen MR) is 57.8 cm³/mol.